The van der Waals surface area contributed by atoms with Gasteiger partial charge >= 0.3 is 0 Å². The van der Waals surface area contributed by atoms with Crippen LogP contribution in [0.25, 0.3) is 0 Å². The third-order valence-corrected chi connectivity index (χ3v) is 5.94. The molecule has 0 bridgehead atoms. The predicted octanol–water partition coefficient (Wildman–Crippen LogP) is 0.650. The van der Waals surface area contributed by atoms with Gasteiger partial charge in [0, 0.05) is 25.6 Å². The molecule has 1 N–H and O–H groups in total. The Kier molecular flexibility index (Phi) is 5.35. The monoisotopic (exact) mass is 342 g/mol. The fourth-order valence-electron chi connectivity index (χ4n) is 2.59. The lowest BCUT2D eigenvalue weighted by molar-refractivity contribution is -0.132. The van der Waals surface area contributed by atoms with Gasteiger partial charge < -0.3 is 10.2 Å². The number of carbonyl (C=O) groups excluding carboxylic acids is 2. The molecule has 0 aromatic heterocycles. The highest BCUT2D eigenvalue weighted by Gasteiger charge is 2.33. The fraction of sp³-hybridized carbons (Fsp3) is 0.467. The standard InChI is InChI=1S/C15H19FN2O4S/c1-11(19)17-10-15(20)18-7-6-14(23(21,22)9-8-18)12-4-2-3-5-13(12)16/h2-5,14H,6-10H2,1H3,(H,17,19)/t14-/m1/s1. The van der Waals surface area contributed by atoms with E-state index < -0.39 is 20.9 Å². The maximum absolute atomic E-state index is 13.9. The molecule has 126 valence electrons. The zero-order valence-electron chi connectivity index (χ0n) is 12.8. The summed E-state index contributed by atoms with van der Waals surface area (Å²) in [7, 11) is -3.55. The molecule has 0 radical (unpaired) electrons. The van der Waals surface area contributed by atoms with Crippen LogP contribution in [0.1, 0.15) is 24.2 Å². The molecule has 1 aliphatic rings. The van der Waals surface area contributed by atoms with Crippen molar-refractivity contribution in [2.45, 2.75) is 18.6 Å². The maximum atomic E-state index is 13.9. The molecular weight excluding hydrogens is 323 g/mol. The van der Waals surface area contributed by atoms with E-state index >= 15 is 0 Å². The number of carbonyl (C=O) groups is 2. The van der Waals surface area contributed by atoms with Crippen LogP contribution in [0.3, 0.4) is 0 Å². The van der Waals surface area contributed by atoms with Gasteiger partial charge in [-0.2, -0.15) is 0 Å². The van der Waals surface area contributed by atoms with Gasteiger partial charge in [0.1, 0.15) is 5.82 Å². The molecule has 0 saturated carbocycles. The van der Waals surface area contributed by atoms with Crippen LogP contribution < -0.4 is 5.32 Å². The van der Waals surface area contributed by atoms with Crippen molar-refractivity contribution in [3.63, 3.8) is 0 Å². The molecule has 6 nitrogen and oxygen atoms in total. The van der Waals surface area contributed by atoms with Crippen molar-refractivity contribution in [3.8, 4) is 0 Å². The van der Waals surface area contributed by atoms with Crippen molar-refractivity contribution in [1.29, 1.82) is 0 Å². The Morgan fingerprint density at radius 1 is 1.30 bits per heavy atom. The molecule has 2 rings (SSSR count). The number of sulfone groups is 1. The van der Waals surface area contributed by atoms with Crippen LogP contribution in [-0.4, -0.2) is 50.5 Å². The minimum absolute atomic E-state index is 0.0473. The number of halogens is 1. The Morgan fingerprint density at radius 3 is 2.65 bits per heavy atom. The topological polar surface area (TPSA) is 83.6 Å². The van der Waals surface area contributed by atoms with Gasteiger partial charge in [-0.15, -0.1) is 0 Å². The molecular formula is C15H19FN2O4S. The molecule has 1 heterocycles. The normalized spacial score (nSPS) is 20.6. The summed E-state index contributed by atoms with van der Waals surface area (Å²) in [5.74, 6) is -1.45. The van der Waals surface area contributed by atoms with Gasteiger partial charge in [-0.1, -0.05) is 18.2 Å². The first-order valence-corrected chi connectivity index (χ1v) is 9.01. The highest BCUT2D eigenvalue weighted by molar-refractivity contribution is 7.91. The Bertz CT molecular complexity index is 705. The first kappa shape index (κ1) is 17.4. The Hall–Kier alpha value is -1.96. The van der Waals surface area contributed by atoms with Crippen molar-refractivity contribution >= 4 is 21.7 Å². The number of rotatable bonds is 3. The molecule has 1 aliphatic heterocycles. The quantitative estimate of drug-likeness (QED) is 0.874. The molecule has 0 spiro atoms. The van der Waals surface area contributed by atoms with Crippen LogP contribution in [0.2, 0.25) is 0 Å². The highest BCUT2D eigenvalue weighted by Crippen LogP contribution is 2.31. The van der Waals surface area contributed by atoms with Crippen LogP contribution in [0.4, 0.5) is 4.39 Å². The van der Waals surface area contributed by atoms with E-state index in [4.69, 9.17) is 0 Å². The summed E-state index contributed by atoms with van der Waals surface area (Å²) in [6.45, 7) is 1.39. The summed E-state index contributed by atoms with van der Waals surface area (Å²) in [6, 6.07) is 5.80. The summed E-state index contributed by atoms with van der Waals surface area (Å²) < 4.78 is 38.8. The smallest absolute Gasteiger partial charge is 0.241 e. The second-order valence-electron chi connectivity index (χ2n) is 5.46. The number of nitrogens with zero attached hydrogens (tertiary/aromatic N) is 1. The van der Waals surface area contributed by atoms with E-state index in [1.54, 1.807) is 6.07 Å². The second-order valence-corrected chi connectivity index (χ2v) is 7.76. The lowest BCUT2D eigenvalue weighted by Gasteiger charge is -2.20. The average molecular weight is 342 g/mol. The van der Waals surface area contributed by atoms with Crippen molar-refractivity contribution in [3.05, 3.63) is 35.6 Å². The van der Waals surface area contributed by atoms with Crippen LogP contribution >= 0.6 is 0 Å². The average Bonchev–Trinajstić information content (AvgIpc) is 2.64. The number of benzene rings is 1. The summed E-state index contributed by atoms with van der Waals surface area (Å²) >= 11 is 0. The Balaban J connectivity index is 2.15. The molecule has 1 atom stereocenters. The maximum Gasteiger partial charge on any atom is 0.241 e. The largest absolute Gasteiger partial charge is 0.347 e. The predicted molar refractivity (Wildman–Crippen MR) is 82.8 cm³/mol. The van der Waals surface area contributed by atoms with Gasteiger partial charge in [-0.25, -0.2) is 12.8 Å². The summed E-state index contributed by atoms with van der Waals surface area (Å²) in [4.78, 5) is 24.3. The molecule has 1 saturated heterocycles. The zero-order chi connectivity index (χ0) is 17.0. The number of nitrogens with one attached hydrogen (secondary N) is 1. The van der Waals surface area contributed by atoms with Crippen LogP contribution in [-0.2, 0) is 19.4 Å². The van der Waals surface area contributed by atoms with Gasteiger partial charge in [0.15, 0.2) is 9.84 Å². The number of hydrogen-bond acceptors (Lipinski definition) is 4. The van der Waals surface area contributed by atoms with E-state index in [0.29, 0.717) is 0 Å². The lowest BCUT2D eigenvalue weighted by atomic mass is 10.1. The van der Waals surface area contributed by atoms with E-state index in [-0.39, 0.29) is 49.2 Å². The molecule has 23 heavy (non-hydrogen) atoms. The molecule has 1 aromatic carbocycles. The molecule has 2 amide bonds. The third-order valence-electron chi connectivity index (χ3n) is 3.83. The minimum atomic E-state index is -3.55. The molecule has 0 aliphatic carbocycles. The molecule has 0 unspecified atom stereocenters. The van der Waals surface area contributed by atoms with Crippen molar-refractivity contribution in [2.24, 2.45) is 0 Å². The number of amides is 2. The van der Waals surface area contributed by atoms with Crippen LogP contribution in [0.5, 0.6) is 0 Å². The SMILES string of the molecule is CC(=O)NCC(=O)N1CC[C@H](c2ccccc2F)S(=O)(=O)CC1. The van der Waals surface area contributed by atoms with Gasteiger partial charge in [0.2, 0.25) is 11.8 Å². The summed E-state index contributed by atoms with van der Waals surface area (Å²) in [5, 5.41) is 1.44. The van der Waals surface area contributed by atoms with Gasteiger partial charge in [-0.3, -0.25) is 9.59 Å². The zero-order valence-corrected chi connectivity index (χ0v) is 13.6. The number of hydrogen-bond donors (Lipinski definition) is 1. The summed E-state index contributed by atoms with van der Waals surface area (Å²) in [5.41, 5.74) is 0.142. The minimum Gasteiger partial charge on any atom is -0.347 e. The van der Waals surface area contributed by atoms with Crippen LogP contribution in [0.15, 0.2) is 24.3 Å². The molecule has 8 heteroatoms. The molecule has 1 fully saturated rings. The van der Waals surface area contributed by atoms with E-state index in [1.165, 1.54) is 30.0 Å². The van der Waals surface area contributed by atoms with E-state index in [9.17, 15) is 22.4 Å². The first-order chi connectivity index (χ1) is 10.8. The lowest BCUT2D eigenvalue weighted by Crippen LogP contribution is -2.40. The van der Waals surface area contributed by atoms with E-state index in [0.717, 1.165) is 0 Å². The van der Waals surface area contributed by atoms with Gasteiger partial charge in [0.05, 0.1) is 17.5 Å². The van der Waals surface area contributed by atoms with Crippen molar-refractivity contribution in [2.75, 3.05) is 25.4 Å². The van der Waals surface area contributed by atoms with Gasteiger partial charge in [-0.05, 0) is 12.5 Å². The van der Waals surface area contributed by atoms with E-state index in [1.807, 2.05) is 0 Å². The highest BCUT2D eigenvalue weighted by atomic mass is 32.2. The Labute approximate surface area is 134 Å². The first-order valence-electron chi connectivity index (χ1n) is 7.29. The Morgan fingerprint density at radius 2 is 2.00 bits per heavy atom. The van der Waals surface area contributed by atoms with Crippen molar-refractivity contribution in [1.82, 2.24) is 10.2 Å². The van der Waals surface area contributed by atoms with Gasteiger partial charge in [0.25, 0.3) is 0 Å². The van der Waals surface area contributed by atoms with Crippen LogP contribution in [0, 0.1) is 5.82 Å². The third kappa shape index (κ3) is 4.28. The second kappa shape index (κ2) is 7.08. The van der Waals surface area contributed by atoms with E-state index in [2.05, 4.69) is 5.32 Å². The fourth-order valence-corrected chi connectivity index (χ4v) is 4.39. The van der Waals surface area contributed by atoms with Crippen molar-refractivity contribution < 1.29 is 22.4 Å². The molecule has 1 aromatic rings. The summed E-state index contributed by atoms with van der Waals surface area (Å²) in [6.07, 6.45) is 0.134.